The van der Waals surface area contributed by atoms with Crippen molar-refractivity contribution in [2.24, 2.45) is 0 Å². The van der Waals surface area contributed by atoms with Crippen LogP contribution in [-0.2, 0) is 5.41 Å². The van der Waals surface area contributed by atoms with E-state index in [0.717, 1.165) is 29.0 Å². The second-order valence-corrected chi connectivity index (χ2v) is 16.1. The fraction of sp³-hybridized carbons (Fsp3) is 0.123. The minimum absolute atomic E-state index is 0.0450. The third kappa shape index (κ3) is 6.55. The first-order valence-corrected chi connectivity index (χ1v) is 20.7. The second kappa shape index (κ2) is 15.5. The molecule has 0 radical (unpaired) electrons. The van der Waals surface area contributed by atoms with E-state index in [1.807, 2.05) is 12.2 Å². The van der Waals surface area contributed by atoms with Gasteiger partial charge in [-0.3, -0.25) is 0 Å². The van der Waals surface area contributed by atoms with Gasteiger partial charge in [-0.2, -0.15) is 0 Å². The highest BCUT2D eigenvalue weighted by Crippen LogP contribution is 2.50. The van der Waals surface area contributed by atoms with Crippen LogP contribution in [0.15, 0.2) is 200 Å². The molecular formula is C57H50N2. The summed E-state index contributed by atoms with van der Waals surface area (Å²) in [7, 11) is 0. The SMILES string of the molecule is C=CC1=C(/C=C\C)CC(N(c2ccc(-c3ccc4c(c3)c(/C=C\C)c(C=C)n4-c3ccc(-c4ccccc4)cc3)cc2)c2ccc3c(c2)-c2ccccc2C3(C)C)C=C1. The molecule has 288 valence electrons. The molecule has 0 amide bonds. The van der Waals surface area contributed by atoms with Crippen molar-refractivity contribution in [1.82, 2.24) is 4.57 Å². The summed E-state index contributed by atoms with van der Waals surface area (Å²) in [5.41, 5.74) is 19.5. The Labute approximate surface area is 349 Å². The van der Waals surface area contributed by atoms with E-state index in [9.17, 15) is 0 Å². The van der Waals surface area contributed by atoms with Crippen molar-refractivity contribution in [3.8, 4) is 39.1 Å². The van der Waals surface area contributed by atoms with E-state index in [1.165, 1.54) is 72.3 Å². The lowest BCUT2D eigenvalue weighted by Gasteiger charge is -2.35. The van der Waals surface area contributed by atoms with E-state index in [1.54, 1.807) is 0 Å². The number of anilines is 2. The van der Waals surface area contributed by atoms with Crippen molar-refractivity contribution >= 4 is 34.4 Å². The van der Waals surface area contributed by atoms with Crippen LogP contribution in [0.25, 0.3) is 62.1 Å². The molecule has 1 unspecified atom stereocenters. The van der Waals surface area contributed by atoms with Crippen LogP contribution < -0.4 is 4.90 Å². The monoisotopic (exact) mass is 762 g/mol. The van der Waals surface area contributed by atoms with Crippen molar-refractivity contribution in [2.45, 2.75) is 45.6 Å². The van der Waals surface area contributed by atoms with Gasteiger partial charge in [0.05, 0.1) is 17.3 Å². The van der Waals surface area contributed by atoms with E-state index in [2.05, 4.69) is 226 Å². The largest absolute Gasteiger partial charge is 0.334 e. The van der Waals surface area contributed by atoms with Crippen molar-refractivity contribution in [2.75, 3.05) is 4.90 Å². The van der Waals surface area contributed by atoms with Gasteiger partial charge in [-0.1, -0.05) is 161 Å². The molecule has 0 bridgehead atoms. The maximum Gasteiger partial charge on any atom is 0.0566 e. The standard InChI is InChI=1S/C57H50N2/c1-7-16-43-36-47(32-22-39(43)9-3)58(48-33-34-54-51(38-48)49-20-14-15-21-53(49)57(54,5)6)45-28-25-42(26-29-45)44-27-35-56-52(37-44)50(17-8-2)55(10-4)59(56)46-30-23-41(24-31-46)40-18-12-11-13-19-40/h7-35,37-38,47H,3-4,36H2,1-2,5-6H3/b16-7-,17-8-. The molecular weight excluding hydrogens is 713 g/mol. The minimum Gasteiger partial charge on any atom is -0.334 e. The van der Waals surface area contributed by atoms with Gasteiger partial charge < -0.3 is 9.47 Å². The summed E-state index contributed by atoms with van der Waals surface area (Å²) in [6.07, 6.45) is 18.1. The first-order chi connectivity index (χ1) is 28.8. The normalized spacial score (nSPS) is 15.6. The summed E-state index contributed by atoms with van der Waals surface area (Å²) in [6.45, 7) is 17.3. The van der Waals surface area contributed by atoms with Crippen LogP contribution in [0.3, 0.4) is 0 Å². The average Bonchev–Trinajstić information content (AvgIpc) is 3.71. The van der Waals surface area contributed by atoms with Crippen LogP contribution >= 0.6 is 0 Å². The first kappa shape index (κ1) is 37.7. The summed E-state index contributed by atoms with van der Waals surface area (Å²) in [4.78, 5) is 2.52. The highest BCUT2D eigenvalue weighted by atomic mass is 15.2. The summed E-state index contributed by atoms with van der Waals surface area (Å²) in [5, 5.41) is 1.20. The second-order valence-electron chi connectivity index (χ2n) is 16.1. The molecule has 1 aromatic heterocycles. The Bertz CT molecular complexity index is 2850. The molecule has 0 fully saturated rings. The minimum atomic E-state index is -0.0450. The van der Waals surface area contributed by atoms with Crippen LogP contribution in [0.5, 0.6) is 0 Å². The molecule has 0 saturated carbocycles. The highest BCUT2D eigenvalue weighted by Gasteiger charge is 2.36. The molecule has 2 aliphatic rings. The first-order valence-electron chi connectivity index (χ1n) is 20.7. The number of fused-ring (bicyclic) bond motifs is 4. The van der Waals surface area contributed by atoms with Gasteiger partial charge in [-0.25, -0.2) is 0 Å². The topological polar surface area (TPSA) is 8.17 Å². The zero-order valence-electron chi connectivity index (χ0n) is 34.5. The molecule has 2 aliphatic carbocycles. The number of benzene rings is 6. The summed E-state index contributed by atoms with van der Waals surface area (Å²) < 4.78 is 2.33. The molecule has 7 aromatic rings. The van der Waals surface area contributed by atoms with Gasteiger partial charge in [-0.05, 0) is 131 Å². The van der Waals surface area contributed by atoms with Crippen molar-refractivity contribution in [1.29, 1.82) is 0 Å². The smallest absolute Gasteiger partial charge is 0.0566 e. The molecule has 6 aromatic carbocycles. The highest BCUT2D eigenvalue weighted by molar-refractivity contribution is 5.98. The van der Waals surface area contributed by atoms with Gasteiger partial charge in [0.25, 0.3) is 0 Å². The lowest BCUT2D eigenvalue weighted by Crippen LogP contribution is -2.31. The molecule has 0 spiro atoms. The molecule has 2 heteroatoms. The average molecular weight is 763 g/mol. The third-order valence-corrected chi connectivity index (χ3v) is 12.3. The zero-order valence-corrected chi connectivity index (χ0v) is 34.5. The van der Waals surface area contributed by atoms with Crippen LogP contribution in [0.2, 0.25) is 0 Å². The third-order valence-electron chi connectivity index (χ3n) is 12.3. The number of rotatable bonds is 10. The molecule has 59 heavy (non-hydrogen) atoms. The van der Waals surface area contributed by atoms with E-state index in [0.29, 0.717) is 0 Å². The van der Waals surface area contributed by atoms with Gasteiger partial charge in [0.2, 0.25) is 0 Å². The van der Waals surface area contributed by atoms with Crippen LogP contribution in [0, 0.1) is 0 Å². The fourth-order valence-electron chi connectivity index (χ4n) is 9.45. The van der Waals surface area contributed by atoms with Gasteiger partial charge >= 0.3 is 0 Å². The van der Waals surface area contributed by atoms with E-state index < -0.39 is 0 Å². The van der Waals surface area contributed by atoms with Gasteiger partial charge in [0, 0.05) is 33.4 Å². The van der Waals surface area contributed by atoms with Gasteiger partial charge in [0.15, 0.2) is 0 Å². The Balaban J connectivity index is 1.11. The quantitative estimate of drug-likeness (QED) is 0.135. The van der Waals surface area contributed by atoms with E-state index >= 15 is 0 Å². The number of hydrogen-bond donors (Lipinski definition) is 0. The van der Waals surface area contributed by atoms with E-state index in [-0.39, 0.29) is 11.5 Å². The number of nitrogens with zero attached hydrogens (tertiary/aromatic N) is 2. The Morgan fingerprint density at radius 2 is 1.27 bits per heavy atom. The molecule has 2 nitrogen and oxygen atoms in total. The summed E-state index contributed by atoms with van der Waals surface area (Å²) in [6, 6.07) is 51.5. The van der Waals surface area contributed by atoms with Crippen LogP contribution in [-0.4, -0.2) is 10.6 Å². The number of hydrogen-bond acceptors (Lipinski definition) is 1. The van der Waals surface area contributed by atoms with Crippen molar-refractivity contribution < 1.29 is 0 Å². The van der Waals surface area contributed by atoms with Gasteiger partial charge in [-0.15, -0.1) is 0 Å². The van der Waals surface area contributed by atoms with Crippen molar-refractivity contribution in [3.63, 3.8) is 0 Å². The molecule has 0 N–H and O–H groups in total. The number of allylic oxidation sites excluding steroid dienone is 6. The number of aromatic nitrogens is 1. The Morgan fingerprint density at radius 1 is 0.627 bits per heavy atom. The Kier molecular flexibility index (Phi) is 9.87. The summed E-state index contributed by atoms with van der Waals surface area (Å²) >= 11 is 0. The molecule has 0 saturated heterocycles. The lowest BCUT2D eigenvalue weighted by atomic mass is 9.82. The Hall–Kier alpha value is -6.90. The molecule has 1 atom stereocenters. The zero-order chi connectivity index (χ0) is 40.7. The van der Waals surface area contributed by atoms with Gasteiger partial charge in [0.1, 0.15) is 0 Å². The van der Waals surface area contributed by atoms with Crippen LogP contribution in [0.4, 0.5) is 11.4 Å². The predicted octanol–water partition coefficient (Wildman–Crippen LogP) is 15.5. The Morgan fingerprint density at radius 3 is 2.00 bits per heavy atom. The predicted molar refractivity (Wildman–Crippen MR) is 255 cm³/mol. The van der Waals surface area contributed by atoms with Crippen molar-refractivity contribution in [3.05, 3.63) is 223 Å². The molecule has 1 heterocycles. The lowest BCUT2D eigenvalue weighted by molar-refractivity contribution is 0.660. The maximum atomic E-state index is 4.28. The molecule has 0 aliphatic heterocycles. The van der Waals surface area contributed by atoms with Crippen LogP contribution in [0.1, 0.15) is 56.5 Å². The fourth-order valence-corrected chi connectivity index (χ4v) is 9.45. The van der Waals surface area contributed by atoms with E-state index in [4.69, 9.17) is 0 Å². The maximum absolute atomic E-state index is 4.28. The summed E-state index contributed by atoms with van der Waals surface area (Å²) in [5.74, 6) is 0. The molecule has 9 rings (SSSR count).